The monoisotopic (exact) mass is 445 g/mol. The van der Waals surface area contributed by atoms with Gasteiger partial charge in [0.15, 0.2) is 0 Å². The zero-order chi connectivity index (χ0) is 22.4. The highest BCUT2D eigenvalue weighted by atomic mass is 32.1. The van der Waals surface area contributed by atoms with Crippen molar-refractivity contribution in [3.63, 3.8) is 0 Å². The molecule has 1 aliphatic rings. The Bertz CT molecular complexity index is 947. The van der Waals surface area contributed by atoms with Gasteiger partial charge in [-0.15, -0.1) is 11.3 Å². The van der Waals surface area contributed by atoms with E-state index in [1.165, 1.54) is 21.1 Å². The van der Waals surface area contributed by atoms with Gasteiger partial charge in [0, 0.05) is 30.6 Å². The van der Waals surface area contributed by atoms with Crippen molar-refractivity contribution in [3.05, 3.63) is 46.4 Å². The molecule has 0 radical (unpaired) electrons. The number of carbonyl (C=O) groups excluding carboxylic acids is 2. The topological polar surface area (TPSA) is 150 Å². The number of carboxylic acid groups (broad SMARTS) is 1. The van der Waals surface area contributed by atoms with Gasteiger partial charge in [0.05, 0.1) is 30.3 Å². The van der Waals surface area contributed by atoms with E-state index in [2.05, 4.69) is 4.98 Å². The van der Waals surface area contributed by atoms with Gasteiger partial charge in [0.1, 0.15) is 11.6 Å². The fourth-order valence-electron chi connectivity index (χ4n) is 3.30. The molecule has 11 heteroatoms. The summed E-state index contributed by atoms with van der Waals surface area (Å²) in [7, 11) is 0. The minimum absolute atomic E-state index is 0.0192. The van der Waals surface area contributed by atoms with E-state index < -0.39 is 23.8 Å². The number of benzene rings is 1. The van der Waals surface area contributed by atoms with Crippen LogP contribution in [-0.4, -0.2) is 69.8 Å². The van der Waals surface area contributed by atoms with E-state index in [0.717, 1.165) is 0 Å². The third-order valence-electron chi connectivity index (χ3n) is 4.89. The van der Waals surface area contributed by atoms with Crippen LogP contribution < -0.4 is 10.5 Å². The van der Waals surface area contributed by atoms with Crippen LogP contribution in [0.3, 0.4) is 0 Å². The number of ether oxygens (including phenoxy) is 1. The lowest BCUT2D eigenvalue weighted by molar-refractivity contribution is -0.159. The number of amidine groups is 1. The molecule has 1 aromatic carbocycles. The van der Waals surface area contributed by atoms with Crippen LogP contribution in [-0.2, 0) is 14.4 Å². The molecule has 2 aromatic rings. The molecule has 31 heavy (non-hydrogen) atoms. The molecule has 1 aliphatic heterocycles. The van der Waals surface area contributed by atoms with Gasteiger partial charge in [0.25, 0.3) is 0 Å². The lowest BCUT2D eigenvalue weighted by Crippen LogP contribution is -2.55. The molecule has 2 amide bonds. The maximum Gasteiger partial charge on any atom is 0.312 e. The Morgan fingerprint density at radius 3 is 2.61 bits per heavy atom. The number of nitrogens with zero attached hydrogens (tertiary/aromatic N) is 3. The Morgan fingerprint density at radius 2 is 2.00 bits per heavy atom. The zero-order valence-electron chi connectivity index (χ0n) is 16.7. The average Bonchev–Trinajstić information content (AvgIpc) is 3.27. The van der Waals surface area contributed by atoms with Crippen LogP contribution in [0, 0.1) is 5.41 Å². The molecule has 4 N–H and O–H groups in total. The van der Waals surface area contributed by atoms with E-state index in [9.17, 15) is 19.5 Å². The molecule has 2 heterocycles. The summed E-state index contributed by atoms with van der Waals surface area (Å²) in [5, 5.41) is 18.3. The van der Waals surface area contributed by atoms with E-state index >= 15 is 0 Å². The van der Waals surface area contributed by atoms with Gasteiger partial charge < -0.3 is 25.4 Å². The predicted molar refractivity (Wildman–Crippen MR) is 113 cm³/mol. The smallest absolute Gasteiger partial charge is 0.312 e. The van der Waals surface area contributed by atoms with Crippen LogP contribution >= 0.6 is 11.3 Å². The lowest BCUT2D eigenvalue weighted by atomic mass is 10.1. The van der Waals surface area contributed by atoms with Crippen LogP contribution in [0.5, 0.6) is 5.75 Å². The number of aromatic nitrogens is 1. The molecular weight excluding hydrogens is 422 g/mol. The predicted octanol–water partition coefficient (Wildman–Crippen LogP) is 1.08. The summed E-state index contributed by atoms with van der Waals surface area (Å²) in [5.41, 5.74) is 8.07. The first-order valence-corrected chi connectivity index (χ1v) is 10.6. The van der Waals surface area contributed by atoms with Gasteiger partial charge in [0.2, 0.25) is 0 Å². The molecule has 0 saturated carbocycles. The van der Waals surface area contributed by atoms with Crippen molar-refractivity contribution in [1.29, 1.82) is 5.41 Å². The van der Waals surface area contributed by atoms with Crippen molar-refractivity contribution in [2.75, 3.05) is 26.2 Å². The molecule has 0 bridgehead atoms. The van der Waals surface area contributed by atoms with Crippen molar-refractivity contribution in [3.8, 4) is 5.75 Å². The lowest BCUT2D eigenvalue weighted by Gasteiger charge is -2.37. The number of carbonyl (C=O) groups is 3. The van der Waals surface area contributed by atoms with Crippen molar-refractivity contribution >= 4 is 35.0 Å². The van der Waals surface area contributed by atoms with Crippen molar-refractivity contribution in [1.82, 2.24) is 14.8 Å². The number of piperazine rings is 1. The summed E-state index contributed by atoms with van der Waals surface area (Å²) >= 11 is 1.31. The van der Waals surface area contributed by atoms with Gasteiger partial charge in [-0.1, -0.05) is 0 Å². The van der Waals surface area contributed by atoms with Crippen LogP contribution in [0.2, 0.25) is 0 Å². The number of hydrogen-bond donors (Lipinski definition) is 3. The van der Waals surface area contributed by atoms with Crippen LogP contribution in [0.25, 0.3) is 0 Å². The normalized spacial score (nSPS) is 15.1. The molecule has 0 aliphatic carbocycles. The number of carboxylic acids is 1. The molecule has 1 atom stereocenters. The second kappa shape index (κ2) is 10.0. The van der Waals surface area contributed by atoms with E-state index in [0.29, 0.717) is 43.1 Å². The van der Waals surface area contributed by atoms with Gasteiger partial charge >= 0.3 is 17.8 Å². The Morgan fingerprint density at radius 1 is 1.26 bits per heavy atom. The quantitative estimate of drug-likeness (QED) is 0.214. The Kier molecular flexibility index (Phi) is 7.19. The first-order chi connectivity index (χ1) is 14.9. The van der Waals surface area contributed by atoms with E-state index in [1.807, 2.05) is 0 Å². The summed E-state index contributed by atoms with van der Waals surface area (Å²) in [6.45, 7) is 1.26. The number of nitrogens with one attached hydrogen (secondary N) is 1. The number of aliphatic carboxylic acids is 1. The van der Waals surface area contributed by atoms with E-state index in [4.69, 9.17) is 15.9 Å². The molecule has 164 valence electrons. The average molecular weight is 446 g/mol. The van der Waals surface area contributed by atoms with Crippen LogP contribution in [0.15, 0.2) is 35.2 Å². The first-order valence-electron chi connectivity index (χ1n) is 9.64. The maximum atomic E-state index is 12.7. The maximum absolute atomic E-state index is 12.7. The second-order valence-electron chi connectivity index (χ2n) is 6.96. The molecular formula is C20H23N5O5S. The Labute approximate surface area is 182 Å². The molecule has 1 aromatic heterocycles. The highest BCUT2D eigenvalue weighted by Crippen LogP contribution is 2.26. The SMILES string of the molecule is N=C(N)c1ccc(OCCCN2CCN(C(CC(=O)O)c3cscn3)C(=O)C2=O)cc1. The number of nitrogens with two attached hydrogens (primary N) is 1. The zero-order valence-corrected chi connectivity index (χ0v) is 17.5. The number of nitrogen functional groups attached to an aromatic ring is 1. The third kappa shape index (κ3) is 5.57. The summed E-state index contributed by atoms with van der Waals surface area (Å²) in [4.78, 5) is 43.4. The van der Waals surface area contributed by atoms with Crippen molar-refractivity contribution in [2.45, 2.75) is 18.9 Å². The summed E-state index contributed by atoms with van der Waals surface area (Å²) in [6, 6.07) is 6.05. The van der Waals surface area contributed by atoms with Crippen molar-refractivity contribution in [2.24, 2.45) is 5.73 Å². The highest BCUT2D eigenvalue weighted by Gasteiger charge is 2.38. The Hall–Kier alpha value is -3.47. The minimum atomic E-state index is -1.06. The van der Waals surface area contributed by atoms with Crippen LogP contribution in [0.4, 0.5) is 0 Å². The Balaban J connectivity index is 1.51. The summed E-state index contributed by atoms with van der Waals surface area (Å²) < 4.78 is 5.63. The molecule has 1 unspecified atom stereocenters. The van der Waals surface area contributed by atoms with Crippen LogP contribution in [0.1, 0.15) is 30.1 Å². The number of thiazole rings is 1. The van der Waals surface area contributed by atoms with Gasteiger partial charge in [-0.2, -0.15) is 0 Å². The highest BCUT2D eigenvalue weighted by molar-refractivity contribution is 7.07. The standard InChI is InChI=1S/C20H23N5O5S/c21-18(22)13-2-4-14(5-3-13)30-9-1-6-24-7-8-25(20(29)19(24)28)16(10-17(26)27)15-11-31-12-23-15/h2-5,11-12,16H,1,6-10H2,(H3,21,22)(H,26,27). The van der Waals surface area contributed by atoms with Gasteiger partial charge in [-0.05, 0) is 30.7 Å². The fourth-order valence-corrected chi connectivity index (χ4v) is 3.90. The molecule has 0 spiro atoms. The van der Waals surface area contributed by atoms with Gasteiger partial charge in [-0.25, -0.2) is 4.98 Å². The van der Waals surface area contributed by atoms with Gasteiger partial charge in [-0.3, -0.25) is 19.8 Å². The largest absolute Gasteiger partial charge is 0.494 e. The number of rotatable bonds is 10. The molecule has 1 saturated heterocycles. The summed E-state index contributed by atoms with van der Waals surface area (Å²) in [5.74, 6) is -1.82. The number of amides is 2. The van der Waals surface area contributed by atoms with E-state index in [-0.39, 0.29) is 18.8 Å². The van der Waals surface area contributed by atoms with E-state index in [1.54, 1.807) is 35.2 Å². The fraction of sp³-hybridized carbons (Fsp3) is 0.350. The second-order valence-corrected chi connectivity index (χ2v) is 7.68. The third-order valence-corrected chi connectivity index (χ3v) is 5.49. The molecule has 10 nitrogen and oxygen atoms in total. The van der Waals surface area contributed by atoms with Crippen molar-refractivity contribution < 1.29 is 24.2 Å². The summed E-state index contributed by atoms with van der Waals surface area (Å²) in [6.07, 6.45) is 0.219. The molecule has 1 fully saturated rings. The minimum Gasteiger partial charge on any atom is -0.494 e. The number of hydrogen-bond acceptors (Lipinski definition) is 7. The molecule has 3 rings (SSSR count). The first kappa shape index (κ1) is 22.2.